The third-order valence-electron chi connectivity index (χ3n) is 5.09. The predicted molar refractivity (Wildman–Crippen MR) is 70.7 cm³/mol. The number of alkyl halides is 1. The van der Waals surface area contributed by atoms with Crippen LogP contribution >= 0.6 is 11.6 Å². The topological polar surface area (TPSA) is 55.4 Å². The summed E-state index contributed by atoms with van der Waals surface area (Å²) in [4.78, 5) is 23.5. The fourth-order valence-corrected chi connectivity index (χ4v) is 5.52. The van der Waals surface area contributed by atoms with Crippen LogP contribution in [0.2, 0.25) is 0 Å². The second kappa shape index (κ2) is 4.37. The van der Waals surface area contributed by atoms with Gasteiger partial charge in [0.05, 0.1) is 12.5 Å². The number of rotatable bonds is 3. The standard InChI is InChI=1S/C14H20ClNO3/c1-19-11(17)7-16-12(18)13-3-9-2-10(4-13)6-14(15,5-9)8-13/h9-10H,2-8H2,1H3,(H,16,18). The van der Waals surface area contributed by atoms with E-state index in [-0.39, 0.29) is 22.7 Å². The summed E-state index contributed by atoms with van der Waals surface area (Å²) in [6.45, 7) is -0.0400. The third kappa shape index (κ3) is 2.24. The summed E-state index contributed by atoms with van der Waals surface area (Å²) in [5, 5.41) is 2.74. The fraction of sp³-hybridized carbons (Fsp3) is 0.857. The molecule has 106 valence electrons. The first-order chi connectivity index (χ1) is 8.95. The molecule has 0 radical (unpaired) electrons. The second-order valence-corrected chi connectivity index (χ2v) is 7.45. The van der Waals surface area contributed by atoms with Crippen LogP contribution in [0.15, 0.2) is 0 Å². The van der Waals surface area contributed by atoms with E-state index in [0.29, 0.717) is 11.8 Å². The van der Waals surface area contributed by atoms with Gasteiger partial charge in [0.2, 0.25) is 5.91 Å². The highest BCUT2D eigenvalue weighted by Crippen LogP contribution is 2.63. The Labute approximate surface area is 118 Å². The highest BCUT2D eigenvalue weighted by atomic mass is 35.5. The van der Waals surface area contributed by atoms with Gasteiger partial charge in [-0.2, -0.15) is 0 Å². The van der Waals surface area contributed by atoms with Crippen LogP contribution < -0.4 is 5.32 Å². The summed E-state index contributed by atoms with van der Waals surface area (Å²) in [5.74, 6) is 0.765. The first-order valence-electron chi connectivity index (χ1n) is 6.99. The molecule has 4 aliphatic rings. The molecule has 5 heteroatoms. The van der Waals surface area contributed by atoms with Crippen molar-refractivity contribution in [2.45, 2.75) is 43.4 Å². The van der Waals surface area contributed by atoms with Gasteiger partial charge in [0.15, 0.2) is 0 Å². The van der Waals surface area contributed by atoms with Crippen LogP contribution in [0.3, 0.4) is 0 Å². The van der Waals surface area contributed by atoms with Gasteiger partial charge in [-0.3, -0.25) is 9.59 Å². The van der Waals surface area contributed by atoms with Gasteiger partial charge in [0, 0.05) is 4.87 Å². The summed E-state index contributed by atoms with van der Waals surface area (Å²) in [7, 11) is 1.33. The minimum atomic E-state index is -0.404. The molecule has 0 aromatic carbocycles. The van der Waals surface area contributed by atoms with E-state index in [0.717, 1.165) is 32.1 Å². The predicted octanol–water partition coefficient (Wildman–Crippen LogP) is 1.85. The minimum Gasteiger partial charge on any atom is -0.468 e. The Balaban J connectivity index is 1.73. The Hall–Kier alpha value is -0.770. The van der Waals surface area contributed by atoms with Crippen molar-refractivity contribution in [1.29, 1.82) is 0 Å². The number of carbonyl (C=O) groups is 2. The average Bonchev–Trinajstić information content (AvgIpc) is 2.32. The molecule has 2 unspecified atom stereocenters. The number of esters is 1. The quantitative estimate of drug-likeness (QED) is 0.636. The van der Waals surface area contributed by atoms with E-state index in [1.54, 1.807) is 0 Å². The molecule has 4 saturated carbocycles. The number of amides is 1. The minimum absolute atomic E-state index is 0.00275. The molecule has 0 heterocycles. The molecule has 1 N–H and O–H groups in total. The van der Waals surface area contributed by atoms with E-state index >= 15 is 0 Å². The Morgan fingerprint density at radius 2 is 1.89 bits per heavy atom. The maximum Gasteiger partial charge on any atom is 0.325 e. The SMILES string of the molecule is COC(=O)CNC(=O)C12CC3CC(CC(Cl)(C3)C1)C2. The van der Waals surface area contributed by atoms with Gasteiger partial charge < -0.3 is 10.1 Å². The summed E-state index contributed by atoms with van der Waals surface area (Å²) in [6.07, 6.45) is 5.96. The molecule has 1 amide bonds. The highest BCUT2D eigenvalue weighted by Gasteiger charge is 2.59. The molecule has 19 heavy (non-hydrogen) atoms. The van der Waals surface area contributed by atoms with Crippen LogP contribution in [0, 0.1) is 17.3 Å². The van der Waals surface area contributed by atoms with Crippen LogP contribution in [-0.2, 0) is 14.3 Å². The fourth-order valence-electron chi connectivity index (χ4n) is 4.83. The molecule has 0 aromatic rings. The molecule has 0 spiro atoms. The molecule has 4 rings (SSSR count). The van der Waals surface area contributed by atoms with Crippen molar-refractivity contribution < 1.29 is 14.3 Å². The van der Waals surface area contributed by atoms with Gasteiger partial charge in [0.25, 0.3) is 0 Å². The van der Waals surface area contributed by atoms with Crippen molar-refractivity contribution in [2.75, 3.05) is 13.7 Å². The second-order valence-electron chi connectivity index (χ2n) is 6.65. The lowest BCUT2D eigenvalue weighted by atomic mass is 9.49. The molecule has 4 bridgehead atoms. The maximum absolute atomic E-state index is 12.5. The lowest BCUT2D eigenvalue weighted by Crippen LogP contribution is -2.58. The van der Waals surface area contributed by atoms with Gasteiger partial charge >= 0.3 is 5.97 Å². The molecular weight excluding hydrogens is 266 g/mol. The van der Waals surface area contributed by atoms with Crippen LogP contribution in [0.1, 0.15) is 38.5 Å². The van der Waals surface area contributed by atoms with Crippen molar-refractivity contribution in [2.24, 2.45) is 17.3 Å². The zero-order chi connectivity index (χ0) is 13.7. The van der Waals surface area contributed by atoms with E-state index in [9.17, 15) is 9.59 Å². The summed E-state index contributed by atoms with van der Waals surface area (Å²) in [6, 6.07) is 0. The van der Waals surface area contributed by atoms with Crippen LogP contribution in [0.5, 0.6) is 0 Å². The van der Waals surface area contributed by atoms with Crippen molar-refractivity contribution >= 4 is 23.5 Å². The molecule has 0 saturated heterocycles. The van der Waals surface area contributed by atoms with Crippen LogP contribution in [-0.4, -0.2) is 30.4 Å². The first-order valence-corrected chi connectivity index (χ1v) is 7.37. The van der Waals surface area contributed by atoms with Crippen molar-refractivity contribution in [3.63, 3.8) is 0 Å². The lowest BCUT2D eigenvalue weighted by Gasteiger charge is -2.59. The number of carbonyl (C=O) groups excluding carboxylic acids is 2. The number of nitrogens with one attached hydrogen (secondary N) is 1. The van der Waals surface area contributed by atoms with Crippen LogP contribution in [0.4, 0.5) is 0 Å². The zero-order valence-corrected chi connectivity index (χ0v) is 12.0. The van der Waals surface area contributed by atoms with E-state index < -0.39 is 5.97 Å². The maximum atomic E-state index is 12.5. The number of hydrogen-bond acceptors (Lipinski definition) is 3. The number of ether oxygens (including phenoxy) is 1. The first kappa shape index (κ1) is 13.2. The number of methoxy groups -OCH3 is 1. The van der Waals surface area contributed by atoms with Crippen molar-refractivity contribution in [3.8, 4) is 0 Å². The normalized spacial score (nSPS) is 43.1. The monoisotopic (exact) mass is 285 g/mol. The summed E-state index contributed by atoms with van der Waals surface area (Å²) in [5.41, 5.74) is -0.333. The molecule has 4 fully saturated rings. The van der Waals surface area contributed by atoms with Gasteiger partial charge in [-0.15, -0.1) is 11.6 Å². The van der Waals surface area contributed by atoms with Crippen molar-refractivity contribution in [3.05, 3.63) is 0 Å². The van der Waals surface area contributed by atoms with Gasteiger partial charge in [-0.25, -0.2) is 0 Å². The van der Waals surface area contributed by atoms with E-state index in [2.05, 4.69) is 10.1 Å². The summed E-state index contributed by atoms with van der Waals surface area (Å²) < 4.78 is 4.56. The highest BCUT2D eigenvalue weighted by molar-refractivity contribution is 6.24. The summed E-state index contributed by atoms with van der Waals surface area (Å²) >= 11 is 6.68. The third-order valence-corrected chi connectivity index (χ3v) is 5.53. The van der Waals surface area contributed by atoms with Gasteiger partial charge in [-0.1, -0.05) is 0 Å². The molecule has 4 nitrogen and oxygen atoms in total. The van der Waals surface area contributed by atoms with E-state index in [1.165, 1.54) is 13.5 Å². The number of hydrogen-bond donors (Lipinski definition) is 1. The van der Waals surface area contributed by atoms with Gasteiger partial charge in [-0.05, 0) is 50.4 Å². The Kier molecular flexibility index (Phi) is 3.04. The van der Waals surface area contributed by atoms with Crippen LogP contribution in [0.25, 0.3) is 0 Å². The largest absolute Gasteiger partial charge is 0.468 e. The molecule has 4 aliphatic carbocycles. The smallest absolute Gasteiger partial charge is 0.325 e. The molecule has 2 atom stereocenters. The Morgan fingerprint density at radius 1 is 1.26 bits per heavy atom. The Bertz CT molecular complexity index is 409. The van der Waals surface area contributed by atoms with Gasteiger partial charge in [0.1, 0.15) is 6.54 Å². The average molecular weight is 286 g/mol. The van der Waals surface area contributed by atoms with E-state index in [4.69, 9.17) is 11.6 Å². The molecule has 0 aliphatic heterocycles. The number of halogens is 1. The molecule has 0 aromatic heterocycles. The lowest BCUT2D eigenvalue weighted by molar-refractivity contribution is -0.148. The zero-order valence-electron chi connectivity index (χ0n) is 11.2. The molecular formula is C14H20ClNO3. The van der Waals surface area contributed by atoms with Crippen molar-refractivity contribution in [1.82, 2.24) is 5.32 Å². The Morgan fingerprint density at radius 3 is 2.42 bits per heavy atom. The van der Waals surface area contributed by atoms with E-state index in [1.807, 2.05) is 0 Å².